The molecule has 1 aliphatic carbocycles. The summed E-state index contributed by atoms with van der Waals surface area (Å²) < 4.78 is 6.01. The highest BCUT2D eigenvalue weighted by Crippen LogP contribution is 2.36. The van der Waals surface area contributed by atoms with Crippen molar-refractivity contribution in [3.63, 3.8) is 0 Å². The molecule has 0 N–H and O–H groups in total. The molecular formula is C24H36O. The zero-order chi connectivity index (χ0) is 17.5. The zero-order valence-electron chi connectivity index (χ0n) is 16.3. The number of hydrogen-bond donors (Lipinski definition) is 0. The Morgan fingerprint density at radius 3 is 2.28 bits per heavy atom. The number of ether oxygens (including phenoxy) is 1. The summed E-state index contributed by atoms with van der Waals surface area (Å²) in [6.45, 7) is 5.50. The first kappa shape index (κ1) is 18.7. The largest absolute Gasteiger partial charge is 0.374 e. The summed E-state index contributed by atoms with van der Waals surface area (Å²) in [4.78, 5) is 0. The highest BCUT2D eigenvalue weighted by molar-refractivity contribution is 5.26. The molecule has 2 atom stereocenters. The van der Waals surface area contributed by atoms with E-state index in [0.717, 1.165) is 24.4 Å². The van der Waals surface area contributed by atoms with Gasteiger partial charge in [0.05, 0.1) is 12.7 Å². The molecule has 1 heterocycles. The minimum Gasteiger partial charge on any atom is -0.374 e. The average molecular weight is 341 g/mol. The molecule has 1 heteroatoms. The Morgan fingerprint density at radius 2 is 1.68 bits per heavy atom. The normalized spacial score (nSPS) is 30.6. The van der Waals surface area contributed by atoms with Crippen LogP contribution in [-0.4, -0.2) is 12.7 Å². The lowest BCUT2D eigenvalue weighted by Crippen LogP contribution is -2.24. The lowest BCUT2D eigenvalue weighted by Gasteiger charge is -2.29. The monoisotopic (exact) mass is 340 g/mol. The second kappa shape index (κ2) is 9.57. The van der Waals surface area contributed by atoms with Crippen LogP contribution < -0.4 is 0 Å². The van der Waals surface area contributed by atoms with Crippen molar-refractivity contribution < 1.29 is 4.74 Å². The summed E-state index contributed by atoms with van der Waals surface area (Å²) >= 11 is 0. The molecule has 1 nitrogen and oxygen atoms in total. The molecule has 1 saturated heterocycles. The van der Waals surface area contributed by atoms with Crippen molar-refractivity contribution in [1.82, 2.24) is 0 Å². The molecule has 0 spiro atoms. The highest BCUT2D eigenvalue weighted by Gasteiger charge is 2.22. The second-order valence-electron chi connectivity index (χ2n) is 8.21. The van der Waals surface area contributed by atoms with Gasteiger partial charge in [0.1, 0.15) is 0 Å². The fourth-order valence-electron chi connectivity index (χ4n) is 4.47. The molecule has 0 radical (unpaired) electrons. The van der Waals surface area contributed by atoms with Gasteiger partial charge in [-0.25, -0.2) is 0 Å². The van der Waals surface area contributed by atoms with E-state index in [1.54, 1.807) is 5.56 Å². The Bertz CT molecular complexity index is 514. The van der Waals surface area contributed by atoms with E-state index in [9.17, 15) is 0 Å². The number of benzene rings is 1. The van der Waals surface area contributed by atoms with Crippen LogP contribution in [0.1, 0.15) is 82.3 Å². The SMILES string of the molecule is CCCc1ccc(C2CCC(C=CC3CCC(CC)CO3)CC2)cc1. The van der Waals surface area contributed by atoms with Crippen LogP contribution >= 0.6 is 0 Å². The van der Waals surface area contributed by atoms with Gasteiger partial charge in [-0.05, 0) is 73.8 Å². The van der Waals surface area contributed by atoms with E-state index >= 15 is 0 Å². The maximum Gasteiger partial charge on any atom is 0.0756 e. The van der Waals surface area contributed by atoms with Crippen molar-refractivity contribution in [1.29, 1.82) is 0 Å². The van der Waals surface area contributed by atoms with Gasteiger partial charge in [0, 0.05) is 0 Å². The van der Waals surface area contributed by atoms with Crippen molar-refractivity contribution in [3.8, 4) is 0 Å². The van der Waals surface area contributed by atoms with Crippen molar-refractivity contribution >= 4 is 0 Å². The van der Waals surface area contributed by atoms with Crippen LogP contribution in [0.2, 0.25) is 0 Å². The van der Waals surface area contributed by atoms with Gasteiger partial charge < -0.3 is 4.74 Å². The lowest BCUT2D eigenvalue weighted by atomic mass is 9.78. The third-order valence-corrected chi connectivity index (χ3v) is 6.34. The lowest BCUT2D eigenvalue weighted by molar-refractivity contribution is 0.00968. The van der Waals surface area contributed by atoms with Gasteiger partial charge in [0.15, 0.2) is 0 Å². The van der Waals surface area contributed by atoms with Gasteiger partial charge in [-0.3, -0.25) is 0 Å². The first-order valence-corrected chi connectivity index (χ1v) is 10.7. The Labute approximate surface area is 154 Å². The first-order valence-electron chi connectivity index (χ1n) is 10.7. The second-order valence-corrected chi connectivity index (χ2v) is 8.21. The Balaban J connectivity index is 1.43. The Kier molecular flexibility index (Phi) is 7.16. The first-order chi connectivity index (χ1) is 12.3. The zero-order valence-corrected chi connectivity index (χ0v) is 16.3. The molecule has 1 saturated carbocycles. The highest BCUT2D eigenvalue weighted by atomic mass is 16.5. The summed E-state index contributed by atoms with van der Waals surface area (Å²) in [6.07, 6.45) is 16.8. The van der Waals surface area contributed by atoms with E-state index in [-0.39, 0.29) is 0 Å². The summed E-state index contributed by atoms with van der Waals surface area (Å²) in [5, 5.41) is 0. The average Bonchev–Trinajstić information content (AvgIpc) is 2.68. The van der Waals surface area contributed by atoms with Crippen molar-refractivity contribution in [3.05, 3.63) is 47.5 Å². The van der Waals surface area contributed by atoms with Gasteiger partial charge in [0.2, 0.25) is 0 Å². The van der Waals surface area contributed by atoms with Gasteiger partial charge in [0.25, 0.3) is 0 Å². The van der Waals surface area contributed by atoms with Crippen LogP contribution in [0.4, 0.5) is 0 Å². The van der Waals surface area contributed by atoms with Crippen LogP contribution in [0, 0.1) is 11.8 Å². The molecule has 0 amide bonds. The third kappa shape index (κ3) is 5.45. The molecular weight excluding hydrogens is 304 g/mol. The maximum absolute atomic E-state index is 6.01. The topological polar surface area (TPSA) is 9.23 Å². The standard InChI is InChI=1S/C24H36O/c1-3-5-20-6-12-22(13-7-20)23-14-8-21(9-15-23)11-17-24-16-10-19(4-2)18-25-24/h6-7,11-13,17,19,21,23-24H,3-5,8-10,14-16,18H2,1-2H3. The Morgan fingerprint density at radius 1 is 0.920 bits per heavy atom. The van der Waals surface area contributed by atoms with E-state index in [1.807, 2.05) is 0 Å². The van der Waals surface area contributed by atoms with E-state index < -0.39 is 0 Å². The fraction of sp³-hybridized carbons (Fsp3) is 0.667. The van der Waals surface area contributed by atoms with Crippen molar-refractivity contribution in [2.75, 3.05) is 6.61 Å². The third-order valence-electron chi connectivity index (χ3n) is 6.34. The summed E-state index contributed by atoms with van der Waals surface area (Å²) in [5.41, 5.74) is 3.05. The van der Waals surface area contributed by atoms with E-state index in [0.29, 0.717) is 6.10 Å². The number of rotatable bonds is 6. The molecule has 2 fully saturated rings. The van der Waals surface area contributed by atoms with Gasteiger partial charge in [-0.15, -0.1) is 0 Å². The van der Waals surface area contributed by atoms with Crippen LogP contribution in [0.25, 0.3) is 0 Å². The summed E-state index contributed by atoms with van der Waals surface area (Å²) in [5.74, 6) is 2.34. The quantitative estimate of drug-likeness (QED) is 0.525. The smallest absolute Gasteiger partial charge is 0.0756 e. The predicted octanol–water partition coefficient (Wildman–Crippen LogP) is 6.67. The molecule has 1 aliphatic heterocycles. The number of aryl methyl sites for hydroxylation is 1. The van der Waals surface area contributed by atoms with Crippen LogP contribution in [0.5, 0.6) is 0 Å². The molecule has 0 aromatic heterocycles. The van der Waals surface area contributed by atoms with Crippen LogP contribution in [0.15, 0.2) is 36.4 Å². The van der Waals surface area contributed by atoms with Gasteiger partial charge in [-0.1, -0.05) is 63.1 Å². The van der Waals surface area contributed by atoms with E-state index in [2.05, 4.69) is 50.3 Å². The van der Waals surface area contributed by atoms with Gasteiger partial charge in [-0.2, -0.15) is 0 Å². The Hall–Kier alpha value is -1.08. The van der Waals surface area contributed by atoms with Crippen molar-refractivity contribution in [2.24, 2.45) is 11.8 Å². The maximum atomic E-state index is 6.01. The molecule has 2 aliphatic rings. The molecule has 138 valence electrons. The molecule has 3 rings (SSSR count). The van der Waals surface area contributed by atoms with E-state index in [4.69, 9.17) is 4.74 Å². The molecule has 2 unspecified atom stereocenters. The minimum atomic E-state index is 0.381. The van der Waals surface area contributed by atoms with Crippen LogP contribution in [0.3, 0.4) is 0 Å². The summed E-state index contributed by atoms with van der Waals surface area (Å²) in [6, 6.07) is 9.45. The fourth-order valence-corrected chi connectivity index (χ4v) is 4.47. The predicted molar refractivity (Wildman–Crippen MR) is 107 cm³/mol. The van der Waals surface area contributed by atoms with Gasteiger partial charge >= 0.3 is 0 Å². The number of hydrogen-bond acceptors (Lipinski definition) is 1. The van der Waals surface area contributed by atoms with Crippen LogP contribution in [-0.2, 0) is 11.2 Å². The molecule has 25 heavy (non-hydrogen) atoms. The van der Waals surface area contributed by atoms with Crippen molar-refractivity contribution in [2.45, 2.75) is 83.7 Å². The molecule has 0 bridgehead atoms. The summed E-state index contributed by atoms with van der Waals surface area (Å²) in [7, 11) is 0. The molecule has 1 aromatic carbocycles. The number of allylic oxidation sites excluding steroid dienone is 1. The van der Waals surface area contributed by atoms with E-state index in [1.165, 1.54) is 63.4 Å². The molecule has 1 aromatic rings. The minimum absolute atomic E-state index is 0.381.